The van der Waals surface area contributed by atoms with Crippen molar-refractivity contribution in [1.82, 2.24) is 9.97 Å². The fraction of sp³-hybridized carbons (Fsp3) is 0.500. The third-order valence-corrected chi connectivity index (χ3v) is 2.85. The van der Waals surface area contributed by atoms with Gasteiger partial charge in [-0.25, -0.2) is 4.98 Å². The third kappa shape index (κ3) is 2.99. The zero-order valence-electron chi connectivity index (χ0n) is 11.0. The maximum Gasteiger partial charge on any atom is 0.121 e. The van der Waals surface area contributed by atoms with Crippen LogP contribution >= 0.6 is 0 Å². The lowest BCUT2D eigenvalue weighted by molar-refractivity contribution is 0.375. The molecule has 1 aromatic heterocycles. The highest BCUT2D eigenvalue weighted by Crippen LogP contribution is 2.23. The average molecular weight is 232 g/mol. The second-order valence-corrected chi connectivity index (χ2v) is 5.63. The molecule has 0 aliphatic rings. The summed E-state index contributed by atoms with van der Waals surface area (Å²) in [6, 6.07) is 5.92. The summed E-state index contributed by atoms with van der Waals surface area (Å²) in [5.41, 5.74) is 2.40. The SMILES string of the molecule is COc1ccc2nc(CCC(C)(C)C)[nH]c2c1. The average Bonchev–Trinajstić information content (AvgIpc) is 2.66. The van der Waals surface area contributed by atoms with Crippen molar-refractivity contribution in [2.75, 3.05) is 7.11 Å². The van der Waals surface area contributed by atoms with Gasteiger partial charge >= 0.3 is 0 Å². The molecule has 0 radical (unpaired) electrons. The molecule has 1 aromatic carbocycles. The lowest BCUT2D eigenvalue weighted by Crippen LogP contribution is -2.06. The molecule has 0 amide bonds. The van der Waals surface area contributed by atoms with Crippen LogP contribution in [0.3, 0.4) is 0 Å². The molecule has 92 valence electrons. The van der Waals surface area contributed by atoms with Crippen LogP contribution in [-0.2, 0) is 6.42 Å². The molecule has 0 aliphatic carbocycles. The van der Waals surface area contributed by atoms with Crippen LogP contribution in [0.2, 0.25) is 0 Å². The summed E-state index contributed by atoms with van der Waals surface area (Å²) in [4.78, 5) is 7.93. The molecule has 2 aromatic rings. The standard InChI is InChI=1S/C14H20N2O/c1-14(2,3)8-7-13-15-11-6-5-10(17-4)9-12(11)16-13/h5-6,9H,7-8H2,1-4H3,(H,15,16). The second-order valence-electron chi connectivity index (χ2n) is 5.63. The van der Waals surface area contributed by atoms with Crippen molar-refractivity contribution >= 4 is 11.0 Å². The molecule has 3 nitrogen and oxygen atoms in total. The van der Waals surface area contributed by atoms with E-state index in [-0.39, 0.29) is 0 Å². The van der Waals surface area contributed by atoms with Gasteiger partial charge in [-0.15, -0.1) is 0 Å². The fourth-order valence-corrected chi connectivity index (χ4v) is 1.78. The first-order valence-electron chi connectivity index (χ1n) is 6.00. The number of benzene rings is 1. The summed E-state index contributed by atoms with van der Waals surface area (Å²) in [6.07, 6.45) is 2.12. The predicted molar refractivity (Wildman–Crippen MR) is 70.4 cm³/mol. The van der Waals surface area contributed by atoms with E-state index in [0.717, 1.165) is 35.4 Å². The van der Waals surface area contributed by atoms with Gasteiger partial charge in [0.1, 0.15) is 11.6 Å². The van der Waals surface area contributed by atoms with Crippen LogP contribution < -0.4 is 4.74 Å². The number of nitrogens with zero attached hydrogens (tertiary/aromatic N) is 1. The van der Waals surface area contributed by atoms with Crippen molar-refractivity contribution in [3.05, 3.63) is 24.0 Å². The van der Waals surface area contributed by atoms with Gasteiger partial charge in [0.25, 0.3) is 0 Å². The number of fused-ring (bicyclic) bond motifs is 1. The lowest BCUT2D eigenvalue weighted by Gasteiger charge is -2.16. The van der Waals surface area contributed by atoms with Gasteiger partial charge in [-0.1, -0.05) is 20.8 Å². The molecule has 0 aliphatic heterocycles. The molecule has 0 bridgehead atoms. The number of imidazole rings is 1. The number of H-pyrrole nitrogens is 1. The minimum Gasteiger partial charge on any atom is -0.497 e. The van der Waals surface area contributed by atoms with Crippen molar-refractivity contribution in [2.24, 2.45) is 5.41 Å². The molecular weight excluding hydrogens is 212 g/mol. The van der Waals surface area contributed by atoms with E-state index in [1.54, 1.807) is 7.11 Å². The summed E-state index contributed by atoms with van der Waals surface area (Å²) < 4.78 is 5.20. The van der Waals surface area contributed by atoms with Crippen LogP contribution in [0.25, 0.3) is 11.0 Å². The molecule has 2 rings (SSSR count). The van der Waals surface area contributed by atoms with Gasteiger partial charge in [-0.05, 0) is 24.0 Å². The highest BCUT2D eigenvalue weighted by atomic mass is 16.5. The molecular formula is C14H20N2O. The van der Waals surface area contributed by atoms with E-state index >= 15 is 0 Å². The van der Waals surface area contributed by atoms with Gasteiger partial charge in [0, 0.05) is 12.5 Å². The van der Waals surface area contributed by atoms with E-state index < -0.39 is 0 Å². The summed E-state index contributed by atoms with van der Waals surface area (Å²) in [5, 5.41) is 0. The zero-order valence-corrected chi connectivity index (χ0v) is 11.0. The number of methoxy groups -OCH3 is 1. The van der Waals surface area contributed by atoms with Crippen molar-refractivity contribution < 1.29 is 4.74 Å². The number of hydrogen-bond donors (Lipinski definition) is 1. The van der Waals surface area contributed by atoms with Gasteiger partial charge < -0.3 is 9.72 Å². The molecule has 3 heteroatoms. The Morgan fingerprint density at radius 2 is 2.06 bits per heavy atom. The Labute approximate surface area is 102 Å². The van der Waals surface area contributed by atoms with Crippen LogP contribution in [0.5, 0.6) is 5.75 Å². The Kier molecular flexibility index (Phi) is 3.09. The molecule has 0 fully saturated rings. The summed E-state index contributed by atoms with van der Waals surface area (Å²) in [6.45, 7) is 6.75. The van der Waals surface area contributed by atoms with E-state index in [1.807, 2.05) is 18.2 Å². The summed E-state index contributed by atoms with van der Waals surface area (Å²) in [7, 11) is 1.68. The minimum absolute atomic E-state index is 0.344. The van der Waals surface area contributed by atoms with Gasteiger partial charge in [0.2, 0.25) is 0 Å². The quantitative estimate of drug-likeness (QED) is 0.878. The van der Waals surface area contributed by atoms with Gasteiger partial charge in [0.15, 0.2) is 0 Å². The molecule has 1 N–H and O–H groups in total. The van der Waals surface area contributed by atoms with Crippen molar-refractivity contribution in [2.45, 2.75) is 33.6 Å². The highest BCUT2D eigenvalue weighted by Gasteiger charge is 2.12. The van der Waals surface area contributed by atoms with E-state index in [1.165, 1.54) is 0 Å². The van der Waals surface area contributed by atoms with Crippen LogP contribution in [0.15, 0.2) is 18.2 Å². The second kappa shape index (κ2) is 4.40. The number of aromatic nitrogens is 2. The van der Waals surface area contributed by atoms with Gasteiger partial charge in [-0.3, -0.25) is 0 Å². The Balaban J connectivity index is 2.20. The molecule has 1 heterocycles. The normalized spacial score (nSPS) is 12.0. The van der Waals surface area contributed by atoms with Crippen molar-refractivity contribution in [3.63, 3.8) is 0 Å². The van der Waals surface area contributed by atoms with E-state index in [4.69, 9.17) is 4.74 Å². The minimum atomic E-state index is 0.344. The van der Waals surface area contributed by atoms with Crippen LogP contribution in [0, 0.1) is 5.41 Å². The summed E-state index contributed by atoms with van der Waals surface area (Å²) >= 11 is 0. The summed E-state index contributed by atoms with van der Waals surface area (Å²) in [5.74, 6) is 1.92. The molecule has 0 atom stereocenters. The van der Waals surface area contributed by atoms with E-state index in [9.17, 15) is 0 Å². The number of rotatable bonds is 3. The molecule has 0 saturated carbocycles. The van der Waals surface area contributed by atoms with Crippen LogP contribution in [-0.4, -0.2) is 17.1 Å². The maximum atomic E-state index is 5.20. The first-order chi connectivity index (χ1) is 7.98. The number of nitrogens with one attached hydrogen (secondary N) is 1. The topological polar surface area (TPSA) is 37.9 Å². The Hall–Kier alpha value is -1.51. The highest BCUT2D eigenvalue weighted by molar-refractivity contribution is 5.76. The maximum absolute atomic E-state index is 5.20. The van der Waals surface area contributed by atoms with E-state index in [0.29, 0.717) is 5.41 Å². The molecule has 17 heavy (non-hydrogen) atoms. The lowest BCUT2D eigenvalue weighted by atomic mass is 9.90. The number of aryl methyl sites for hydroxylation is 1. The molecule has 0 saturated heterocycles. The third-order valence-electron chi connectivity index (χ3n) is 2.85. The number of ether oxygens (including phenoxy) is 1. The van der Waals surface area contributed by atoms with Crippen LogP contribution in [0.4, 0.5) is 0 Å². The first kappa shape index (κ1) is 12.0. The van der Waals surface area contributed by atoms with Crippen LogP contribution in [0.1, 0.15) is 33.0 Å². The molecule has 0 unspecified atom stereocenters. The fourth-order valence-electron chi connectivity index (χ4n) is 1.78. The van der Waals surface area contributed by atoms with Gasteiger partial charge in [-0.2, -0.15) is 0 Å². The van der Waals surface area contributed by atoms with Crippen molar-refractivity contribution in [1.29, 1.82) is 0 Å². The largest absolute Gasteiger partial charge is 0.497 e. The first-order valence-corrected chi connectivity index (χ1v) is 6.00. The number of aromatic amines is 1. The Bertz CT molecular complexity index is 508. The van der Waals surface area contributed by atoms with E-state index in [2.05, 4.69) is 30.7 Å². The monoisotopic (exact) mass is 232 g/mol. The smallest absolute Gasteiger partial charge is 0.121 e. The van der Waals surface area contributed by atoms with Crippen molar-refractivity contribution in [3.8, 4) is 5.75 Å². The molecule has 0 spiro atoms. The van der Waals surface area contributed by atoms with Gasteiger partial charge in [0.05, 0.1) is 18.1 Å². The zero-order chi connectivity index (χ0) is 12.5. The Morgan fingerprint density at radius 3 is 2.71 bits per heavy atom. The number of hydrogen-bond acceptors (Lipinski definition) is 2. The Morgan fingerprint density at radius 1 is 1.29 bits per heavy atom. The predicted octanol–water partition coefficient (Wildman–Crippen LogP) is 3.55.